The van der Waals surface area contributed by atoms with E-state index in [1.54, 1.807) is 12.1 Å². The molecule has 0 fully saturated rings. The SMILES string of the molecule is NC1=N[C@@H](c2cccc(F)c2)CO1. The molecule has 1 aliphatic heterocycles. The summed E-state index contributed by atoms with van der Waals surface area (Å²) in [5.41, 5.74) is 6.13. The zero-order valence-corrected chi connectivity index (χ0v) is 6.90. The Balaban J connectivity index is 2.26. The summed E-state index contributed by atoms with van der Waals surface area (Å²) in [6, 6.07) is 6.31. The molecule has 68 valence electrons. The molecule has 1 heterocycles. The van der Waals surface area contributed by atoms with Gasteiger partial charge in [0.1, 0.15) is 18.5 Å². The van der Waals surface area contributed by atoms with Crippen molar-refractivity contribution in [3.05, 3.63) is 35.6 Å². The average Bonchev–Trinajstić information content (AvgIpc) is 2.52. The Morgan fingerprint density at radius 3 is 3.00 bits per heavy atom. The van der Waals surface area contributed by atoms with Gasteiger partial charge in [0.2, 0.25) is 0 Å². The number of aliphatic imine (C=N–C) groups is 1. The van der Waals surface area contributed by atoms with Crippen molar-refractivity contribution in [3.63, 3.8) is 0 Å². The van der Waals surface area contributed by atoms with E-state index in [0.29, 0.717) is 6.61 Å². The van der Waals surface area contributed by atoms with Crippen molar-refractivity contribution in [2.45, 2.75) is 6.04 Å². The second-order valence-corrected chi connectivity index (χ2v) is 2.85. The van der Waals surface area contributed by atoms with Crippen molar-refractivity contribution in [2.24, 2.45) is 10.7 Å². The molecule has 13 heavy (non-hydrogen) atoms. The summed E-state index contributed by atoms with van der Waals surface area (Å²) in [6.45, 7) is 0.398. The number of hydrogen-bond donors (Lipinski definition) is 1. The molecule has 0 aromatic heterocycles. The molecule has 0 spiro atoms. The number of hydrogen-bond acceptors (Lipinski definition) is 3. The first-order valence-corrected chi connectivity index (χ1v) is 3.97. The molecular weight excluding hydrogens is 171 g/mol. The lowest BCUT2D eigenvalue weighted by Crippen LogP contribution is -2.10. The summed E-state index contributed by atoms with van der Waals surface area (Å²) < 4.78 is 17.8. The van der Waals surface area contributed by atoms with E-state index in [0.717, 1.165) is 5.56 Å². The first kappa shape index (κ1) is 8.04. The van der Waals surface area contributed by atoms with E-state index < -0.39 is 0 Å². The molecule has 4 heteroatoms. The highest BCUT2D eigenvalue weighted by atomic mass is 19.1. The van der Waals surface area contributed by atoms with Gasteiger partial charge in [-0.25, -0.2) is 9.38 Å². The highest BCUT2D eigenvalue weighted by Gasteiger charge is 2.18. The van der Waals surface area contributed by atoms with Crippen LogP contribution in [0.15, 0.2) is 29.3 Å². The van der Waals surface area contributed by atoms with Crippen molar-refractivity contribution >= 4 is 6.02 Å². The molecule has 1 atom stereocenters. The fourth-order valence-corrected chi connectivity index (χ4v) is 1.28. The van der Waals surface area contributed by atoms with Gasteiger partial charge in [0.15, 0.2) is 0 Å². The molecule has 0 aliphatic carbocycles. The molecule has 2 N–H and O–H groups in total. The zero-order chi connectivity index (χ0) is 9.26. The largest absolute Gasteiger partial charge is 0.463 e. The second kappa shape index (κ2) is 3.05. The summed E-state index contributed by atoms with van der Waals surface area (Å²) in [7, 11) is 0. The average molecular weight is 180 g/mol. The number of nitrogens with zero attached hydrogens (tertiary/aromatic N) is 1. The van der Waals surface area contributed by atoms with Crippen LogP contribution in [-0.2, 0) is 4.74 Å². The van der Waals surface area contributed by atoms with Crippen LogP contribution in [-0.4, -0.2) is 12.6 Å². The minimum Gasteiger partial charge on any atom is -0.463 e. The Morgan fingerprint density at radius 2 is 2.38 bits per heavy atom. The lowest BCUT2D eigenvalue weighted by Gasteiger charge is -2.03. The predicted octanol–water partition coefficient (Wildman–Crippen LogP) is 1.21. The van der Waals surface area contributed by atoms with Gasteiger partial charge >= 0.3 is 0 Å². The third kappa shape index (κ3) is 1.61. The summed E-state index contributed by atoms with van der Waals surface area (Å²) >= 11 is 0. The van der Waals surface area contributed by atoms with Crippen molar-refractivity contribution in [3.8, 4) is 0 Å². The van der Waals surface area contributed by atoms with Crippen LogP contribution in [0.1, 0.15) is 11.6 Å². The van der Waals surface area contributed by atoms with Gasteiger partial charge in [0, 0.05) is 0 Å². The second-order valence-electron chi connectivity index (χ2n) is 2.85. The van der Waals surface area contributed by atoms with Crippen LogP contribution < -0.4 is 5.73 Å². The van der Waals surface area contributed by atoms with Crippen molar-refractivity contribution < 1.29 is 9.13 Å². The fraction of sp³-hybridized carbons (Fsp3) is 0.222. The van der Waals surface area contributed by atoms with E-state index >= 15 is 0 Å². The van der Waals surface area contributed by atoms with Gasteiger partial charge < -0.3 is 10.5 Å². The van der Waals surface area contributed by atoms with Gasteiger partial charge in [-0.15, -0.1) is 0 Å². The number of benzene rings is 1. The predicted molar refractivity (Wildman–Crippen MR) is 46.7 cm³/mol. The number of ether oxygens (including phenoxy) is 1. The molecule has 0 amide bonds. The molecule has 1 aromatic carbocycles. The topological polar surface area (TPSA) is 47.6 Å². The van der Waals surface area contributed by atoms with Gasteiger partial charge in [-0.05, 0) is 17.7 Å². The first-order chi connectivity index (χ1) is 6.25. The third-order valence-electron chi connectivity index (χ3n) is 1.91. The Morgan fingerprint density at radius 1 is 1.54 bits per heavy atom. The molecule has 0 bridgehead atoms. The quantitative estimate of drug-likeness (QED) is 0.706. The minimum absolute atomic E-state index is 0.157. The van der Waals surface area contributed by atoms with E-state index in [4.69, 9.17) is 10.5 Å². The lowest BCUT2D eigenvalue weighted by molar-refractivity contribution is 0.315. The maximum absolute atomic E-state index is 12.8. The molecule has 0 radical (unpaired) electrons. The Labute approximate surface area is 75.0 Å². The van der Waals surface area contributed by atoms with Crippen LogP contribution in [0.3, 0.4) is 0 Å². The molecule has 1 aliphatic rings. The van der Waals surface area contributed by atoms with Crippen LogP contribution in [0.5, 0.6) is 0 Å². The van der Waals surface area contributed by atoms with E-state index in [-0.39, 0.29) is 17.9 Å². The van der Waals surface area contributed by atoms with Crippen molar-refractivity contribution in [2.75, 3.05) is 6.61 Å². The number of nitrogens with two attached hydrogens (primary N) is 1. The molecule has 3 nitrogen and oxygen atoms in total. The van der Waals surface area contributed by atoms with Crippen LogP contribution in [0, 0.1) is 5.82 Å². The van der Waals surface area contributed by atoms with Crippen molar-refractivity contribution in [1.29, 1.82) is 0 Å². The van der Waals surface area contributed by atoms with Gasteiger partial charge in [-0.1, -0.05) is 12.1 Å². The van der Waals surface area contributed by atoms with Crippen LogP contribution >= 0.6 is 0 Å². The van der Waals surface area contributed by atoms with E-state index in [2.05, 4.69) is 4.99 Å². The molecule has 1 aromatic rings. The third-order valence-corrected chi connectivity index (χ3v) is 1.91. The fourth-order valence-electron chi connectivity index (χ4n) is 1.28. The van der Waals surface area contributed by atoms with Gasteiger partial charge in [-0.2, -0.15) is 0 Å². The van der Waals surface area contributed by atoms with Gasteiger partial charge in [0.25, 0.3) is 6.02 Å². The summed E-state index contributed by atoms with van der Waals surface area (Å²) in [5.74, 6) is -0.266. The van der Waals surface area contributed by atoms with Crippen LogP contribution in [0.2, 0.25) is 0 Å². The Bertz CT molecular complexity index is 351. The monoisotopic (exact) mass is 180 g/mol. The number of rotatable bonds is 1. The Hall–Kier alpha value is -1.58. The Kier molecular flexibility index (Phi) is 1.88. The molecular formula is C9H9FN2O. The number of halogens is 1. The van der Waals surface area contributed by atoms with E-state index in [1.807, 2.05) is 0 Å². The normalized spacial score (nSPS) is 21.0. The maximum Gasteiger partial charge on any atom is 0.282 e. The maximum atomic E-state index is 12.8. The van der Waals surface area contributed by atoms with E-state index in [1.165, 1.54) is 12.1 Å². The molecule has 2 rings (SSSR count). The summed E-state index contributed by atoms with van der Waals surface area (Å²) in [6.07, 6.45) is 0. The molecule has 0 saturated carbocycles. The van der Waals surface area contributed by atoms with Crippen molar-refractivity contribution in [1.82, 2.24) is 0 Å². The minimum atomic E-state index is -0.266. The summed E-state index contributed by atoms with van der Waals surface area (Å²) in [5, 5.41) is 0. The standard InChI is InChI=1S/C9H9FN2O/c10-7-3-1-2-6(4-7)8-5-13-9(11)12-8/h1-4,8H,5H2,(H2,11,12)/t8-/m1/s1. The molecule has 0 saturated heterocycles. The molecule has 0 unspecified atom stereocenters. The lowest BCUT2D eigenvalue weighted by atomic mass is 10.1. The highest BCUT2D eigenvalue weighted by molar-refractivity contribution is 5.73. The van der Waals surface area contributed by atoms with Crippen LogP contribution in [0.4, 0.5) is 4.39 Å². The zero-order valence-electron chi connectivity index (χ0n) is 6.90. The summed E-state index contributed by atoms with van der Waals surface area (Å²) in [4.78, 5) is 4.01. The van der Waals surface area contributed by atoms with Crippen LogP contribution in [0.25, 0.3) is 0 Å². The van der Waals surface area contributed by atoms with Gasteiger partial charge in [-0.3, -0.25) is 0 Å². The number of amidine groups is 1. The highest BCUT2D eigenvalue weighted by Crippen LogP contribution is 2.22. The van der Waals surface area contributed by atoms with Gasteiger partial charge in [0.05, 0.1) is 0 Å². The smallest absolute Gasteiger partial charge is 0.282 e. The first-order valence-electron chi connectivity index (χ1n) is 3.97. The van der Waals surface area contributed by atoms with E-state index in [9.17, 15) is 4.39 Å².